The van der Waals surface area contributed by atoms with Crippen molar-refractivity contribution in [2.45, 2.75) is 6.10 Å². The van der Waals surface area contributed by atoms with Gasteiger partial charge < -0.3 is 10.5 Å². The molecule has 0 saturated heterocycles. The number of hydrogen-bond acceptors (Lipinski definition) is 2. The van der Waals surface area contributed by atoms with Crippen LogP contribution >= 0.6 is 15.9 Å². The fraction of sp³-hybridized carbons (Fsp3) is 0.222. The van der Waals surface area contributed by atoms with Gasteiger partial charge in [0.15, 0.2) is 0 Å². The fourth-order valence-corrected chi connectivity index (χ4v) is 1.50. The smallest absolute Gasteiger partial charge is 0.405 e. The predicted molar refractivity (Wildman–Crippen MR) is 53.6 cm³/mol. The van der Waals surface area contributed by atoms with Crippen molar-refractivity contribution in [3.05, 3.63) is 35.9 Å². The maximum Gasteiger partial charge on any atom is 0.405 e. The Hall–Kier alpha value is -1.03. The Labute approximate surface area is 85.0 Å². The van der Waals surface area contributed by atoms with E-state index in [1.807, 2.05) is 30.3 Å². The van der Waals surface area contributed by atoms with E-state index < -0.39 is 6.09 Å². The topological polar surface area (TPSA) is 52.3 Å². The van der Waals surface area contributed by atoms with Gasteiger partial charge in [0, 0.05) is 5.33 Å². The Morgan fingerprint density at radius 3 is 2.54 bits per heavy atom. The van der Waals surface area contributed by atoms with Crippen molar-refractivity contribution in [3.8, 4) is 0 Å². The van der Waals surface area contributed by atoms with E-state index >= 15 is 0 Å². The number of amides is 1. The van der Waals surface area contributed by atoms with Crippen molar-refractivity contribution in [2.75, 3.05) is 5.33 Å². The lowest BCUT2D eigenvalue weighted by Gasteiger charge is -2.13. The average Bonchev–Trinajstić information content (AvgIpc) is 2.15. The Kier molecular flexibility index (Phi) is 3.76. The largest absolute Gasteiger partial charge is 0.441 e. The van der Waals surface area contributed by atoms with E-state index in [4.69, 9.17) is 10.5 Å². The van der Waals surface area contributed by atoms with Crippen LogP contribution in [0, 0.1) is 0 Å². The second kappa shape index (κ2) is 4.87. The molecular formula is C9H10BrNO2. The molecule has 1 aromatic rings. The zero-order valence-electron chi connectivity index (χ0n) is 6.94. The summed E-state index contributed by atoms with van der Waals surface area (Å²) in [6.45, 7) is 0. The highest BCUT2D eigenvalue weighted by Gasteiger charge is 2.12. The number of nitrogens with two attached hydrogens (primary N) is 1. The molecule has 1 amide bonds. The van der Waals surface area contributed by atoms with E-state index in [9.17, 15) is 4.79 Å². The highest BCUT2D eigenvalue weighted by atomic mass is 79.9. The first-order valence-corrected chi connectivity index (χ1v) is 4.93. The number of carbonyl (C=O) groups is 1. The number of halogens is 1. The zero-order chi connectivity index (χ0) is 9.68. The Morgan fingerprint density at radius 2 is 2.08 bits per heavy atom. The maximum atomic E-state index is 10.5. The summed E-state index contributed by atoms with van der Waals surface area (Å²) in [4.78, 5) is 10.5. The standard InChI is InChI=1S/C9H10BrNO2/c10-6-8(13-9(11)12)7-4-2-1-3-5-7/h1-5,8H,6H2,(H2,11,12). The van der Waals surface area contributed by atoms with Gasteiger partial charge in [0.05, 0.1) is 0 Å². The summed E-state index contributed by atoms with van der Waals surface area (Å²) in [7, 11) is 0. The van der Waals surface area contributed by atoms with E-state index in [1.165, 1.54) is 0 Å². The third kappa shape index (κ3) is 3.06. The van der Waals surface area contributed by atoms with Crippen molar-refractivity contribution >= 4 is 22.0 Å². The molecule has 13 heavy (non-hydrogen) atoms. The predicted octanol–water partition coefficient (Wildman–Crippen LogP) is 2.22. The van der Waals surface area contributed by atoms with Crippen molar-refractivity contribution in [2.24, 2.45) is 5.73 Å². The minimum Gasteiger partial charge on any atom is -0.441 e. The second-order valence-electron chi connectivity index (χ2n) is 2.49. The van der Waals surface area contributed by atoms with Gasteiger partial charge in [-0.1, -0.05) is 46.3 Å². The molecule has 0 aliphatic rings. The highest BCUT2D eigenvalue weighted by molar-refractivity contribution is 9.09. The number of rotatable bonds is 3. The number of ether oxygens (including phenoxy) is 1. The minimum absolute atomic E-state index is 0.307. The van der Waals surface area contributed by atoms with Crippen molar-refractivity contribution < 1.29 is 9.53 Å². The van der Waals surface area contributed by atoms with E-state index in [1.54, 1.807) is 0 Å². The van der Waals surface area contributed by atoms with E-state index in [-0.39, 0.29) is 6.10 Å². The van der Waals surface area contributed by atoms with Gasteiger partial charge in [-0.3, -0.25) is 0 Å². The molecule has 70 valence electrons. The molecule has 1 unspecified atom stereocenters. The van der Waals surface area contributed by atoms with E-state index in [2.05, 4.69) is 15.9 Å². The van der Waals surface area contributed by atoms with Crippen LogP contribution < -0.4 is 5.73 Å². The van der Waals surface area contributed by atoms with Gasteiger partial charge in [-0.15, -0.1) is 0 Å². The third-order valence-electron chi connectivity index (χ3n) is 1.57. The summed E-state index contributed by atoms with van der Waals surface area (Å²) in [6, 6.07) is 9.44. The Bertz CT molecular complexity index is 276. The molecule has 0 saturated carbocycles. The normalized spacial score (nSPS) is 12.1. The SMILES string of the molecule is NC(=O)OC(CBr)c1ccccc1. The molecule has 0 fully saturated rings. The molecule has 0 aromatic heterocycles. The molecule has 0 aliphatic carbocycles. The summed E-state index contributed by atoms with van der Waals surface area (Å²) in [5, 5.41) is 0.542. The fourth-order valence-electron chi connectivity index (χ4n) is 0.997. The van der Waals surface area contributed by atoms with Crippen LogP contribution in [0.15, 0.2) is 30.3 Å². The molecule has 1 aromatic carbocycles. The quantitative estimate of drug-likeness (QED) is 0.828. The van der Waals surface area contributed by atoms with Crippen LogP contribution in [0.5, 0.6) is 0 Å². The summed E-state index contributed by atoms with van der Waals surface area (Å²) in [5.41, 5.74) is 5.85. The monoisotopic (exact) mass is 243 g/mol. The summed E-state index contributed by atoms with van der Waals surface area (Å²) >= 11 is 3.25. The number of carbonyl (C=O) groups excluding carboxylic acids is 1. The summed E-state index contributed by atoms with van der Waals surface area (Å²) < 4.78 is 4.88. The number of alkyl halides is 1. The van der Waals surface area contributed by atoms with Crippen LogP contribution in [0.4, 0.5) is 4.79 Å². The van der Waals surface area contributed by atoms with E-state index in [0.717, 1.165) is 5.56 Å². The van der Waals surface area contributed by atoms with Crippen molar-refractivity contribution in [3.63, 3.8) is 0 Å². The van der Waals surface area contributed by atoms with Gasteiger partial charge in [-0.05, 0) is 5.56 Å². The van der Waals surface area contributed by atoms with Gasteiger partial charge in [0.1, 0.15) is 6.10 Å². The van der Waals surface area contributed by atoms with Crippen molar-refractivity contribution in [1.29, 1.82) is 0 Å². The second-order valence-corrected chi connectivity index (χ2v) is 3.14. The van der Waals surface area contributed by atoms with Gasteiger partial charge in [-0.2, -0.15) is 0 Å². The third-order valence-corrected chi connectivity index (χ3v) is 2.16. The molecular weight excluding hydrogens is 234 g/mol. The lowest BCUT2D eigenvalue weighted by Crippen LogP contribution is -2.18. The molecule has 3 nitrogen and oxygen atoms in total. The lowest BCUT2D eigenvalue weighted by atomic mass is 10.1. The first kappa shape index (κ1) is 10.1. The van der Waals surface area contributed by atoms with Crippen LogP contribution in [0.3, 0.4) is 0 Å². The first-order valence-electron chi connectivity index (χ1n) is 3.81. The van der Waals surface area contributed by atoms with Crippen LogP contribution in [-0.4, -0.2) is 11.4 Å². The van der Waals surface area contributed by atoms with Crippen LogP contribution in [-0.2, 0) is 4.74 Å². The Morgan fingerprint density at radius 1 is 1.46 bits per heavy atom. The van der Waals surface area contributed by atoms with Gasteiger partial charge in [0.25, 0.3) is 0 Å². The molecule has 2 N–H and O–H groups in total. The molecule has 0 spiro atoms. The molecule has 0 heterocycles. The zero-order valence-corrected chi connectivity index (χ0v) is 8.53. The lowest BCUT2D eigenvalue weighted by molar-refractivity contribution is 0.119. The van der Waals surface area contributed by atoms with Crippen LogP contribution in [0.2, 0.25) is 0 Å². The molecule has 1 rings (SSSR count). The summed E-state index contributed by atoms with van der Waals surface area (Å²) in [5.74, 6) is 0. The van der Waals surface area contributed by atoms with Gasteiger partial charge in [0.2, 0.25) is 0 Å². The Balaban J connectivity index is 2.73. The van der Waals surface area contributed by atoms with Crippen LogP contribution in [0.1, 0.15) is 11.7 Å². The molecule has 4 heteroatoms. The molecule has 0 bridgehead atoms. The van der Waals surface area contributed by atoms with Crippen molar-refractivity contribution in [1.82, 2.24) is 0 Å². The molecule has 0 aliphatic heterocycles. The molecule has 1 atom stereocenters. The number of benzene rings is 1. The van der Waals surface area contributed by atoms with Gasteiger partial charge in [-0.25, -0.2) is 4.79 Å². The average molecular weight is 244 g/mol. The van der Waals surface area contributed by atoms with Crippen LogP contribution in [0.25, 0.3) is 0 Å². The summed E-state index contributed by atoms with van der Waals surface area (Å²) in [6.07, 6.45) is -1.06. The maximum absolute atomic E-state index is 10.5. The van der Waals surface area contributed by atoms with E-state index in [0.29, 0.717) is 5.33 Å². The number of hydrogen-bond donors (Lipinski definition) is 1. The minimum atomic E-state index is -0.756. The highest BCUT2D eigenvalue weighted by Crippen LogP contribution is 2.18. The number of primary amides is 1. The van der Waals surface area contributed by atoms with Gasteiger partial charge >= 0.3 is 6.09 Å². The molecule has 0 radical (unpaired) electrons. The first-order chi connectivity index (χ1) is 6.24.